The Balaban J connectivity index is 2.44. The average molecular weight is 272 g/mol. The third kappa shape index (κ3) is 1.78. The number of hydrogen-bond donors (Lipinski definition) is 2. The fraction of sp³-hybridized carbons (Fsp3) is 0.333. The lowest BCUT2D eigenvalue weighted by Crippen LogP contribution is -2.36. The molecule has 2 N–H and O–H groups in total. The zero-order valence-electron chi connectivity index (χ0n) is 11.0. The maximum absolute atomic E-state index is 12.3. The summed E-state index contributed by atoms with van der Waals surface area (Å²) in [4.78, 5) is 18.2. The lowest BCUT2D eigenvalue weighted by molar-refractivity contribution is 0.440. The summed E-state index contributed by atoms with van der Waals surface area (Å²) < 4.78 is 0.388. The molecule has 1 atom stereocenters. The van der Waals surface area contributed by atoms with Gasteiger partial charge in [0.15, 0.2) is 4.77 Å². The van der Waals surface area contributed by atoms with Crippen LogP contribution in [0.25, 0.3) is 11.3 Å². The van der Waals surface area contributed by atoms with Crippen LogP contribution in [0.1, 0.15) is 31.4 Å². The van der Waals surface area contributed by atoms with Gasteiger partial charge in [0.05, 0.1) is 5.69 Å². The Morgan fingerprint density at radius 3 is 2.79 bits per heavy atom. The van der Waals surface area contributed by atoms with Gasteiger partial charge in [0.2, 0.25) is 0 Å². The molecule has 0 bridgehead atoms. The second-order valence-electron chi connectivity index (χ2n) is 5.41. The summed E-state index contributed by atoms with van der Waals surface area (Å²) in [5.41, 5.74) is 3.90. The molecule has 0 spiro atoms. The van der Waals surface area contributed by atoms with Crippen molar-refractivity contribution in [3.05, 3.63) is 50.5 Å². The van der Waals surface area contributed by atoms with Crippen LogP contribution < -0.4 is 5.56 Å². The van der Waals surface area contributed by atoms with Crippen molar-refractivity contribution >= 4 is 12.2 Å². The third-order valence-electron chi connectivity index (χ3n) is 4.19. The lowest BCUT2D eigenvalue weighted by atomic mass is 9.69. The molecule has 0 fully saturated rings. The van der Waals surface area contributed by atoms with Gasteiger partial charge in [-0.1, -0.05) is 38.1 Å². The number of benzene rings is 1. The average Bonchev–Trinajstić information content (AvgIpc) is 2.38. The van der Waals surface area contributed by atoms with E-state index in [0.29, 0.717) is 4.77 Å². The molecule has 0 unspecified atom stereocenters. The molecule has 1 aliphatic rings. The lowest BCUT2D eigenvalue weighted by Gasteiger charge is -2.35. The fourth-order valence-electron chi connectivity index (χ4n) is 2.99. The topological polar surface area (TPSA) is 48.6 Å². The molecule has 1 aromatic carbocycles. The van der Waals surface area contributed by atoms with Crippen LogP contribution in [0.15, 0.2) is 29.1 Å². The Morgan fingerprint density at radius 1 is 1.32 bits per heavy atom. The highest BCUT2D eigenvalue weighted by molar-refractivity contribution is 7.71. The first kappa shape index (κ1) is 12.4. The Morgan fingerprint density at radius 2 is 2.05 bits per heavy atom. The highest BCUT2D eigenvalue weighted by atomic mass is 32.1. The second kappa shape index (κ2) is 4.17. The number of aromatic nitrogens is 2. The van der Waals surface area contributed by atoms with E-state index in [1.54, 1.807) is 0 Å². The number of H-pyrrole nitrogens is 2. The molecule has 98 valence electrons. The molecular formula is C15H16N2OS. The minimum absolute atomic E-state index is 0.0578. The SMILES string of the molecule is CC[C@]1(C)Cc2ccccc2-c2[nH]c(=S)[nH]c(=O)c21. The maximum Gasteiger partial charge on any atom is 0.256 e. The molecule has 0 aliphatic heterocycles. The highest BCUT2D eigenvalue weighted by Gasteiger charge is 2.36. The molecule has 0 amide bonds. The monoisotopic (exact) mass is 272 g/mol. The van der Waals surface area contributed by atoms with Crippen molar-refractivity contribution in [3.63, 3.8) is 0 Å². The number of nitrogens with one attached hydrogen (secondary N) is 2. The summed E-state index contributed by atoms with van der Waals surface area (Å²) in [5.74, 6) is 0. The smallest absolute Gasteiger partial charge is 0.256 e. The largest absolute Gasteiger partial charge is 0.331 e. The number of rotatable bonds is 1. The standard InChI is InChI=1S/C15H16N2OS/c1-3-15(2)8-9-6-4-5-7-10(9)12-11(15)13(18)17-14(19)16-12/h4-7H,3,8H2,1-2H3,(H2,16,17,18,19)/t15-/m1/s1. The summed E-state index contributed by atoms with van der Waals surface area (Å²) in [6.07, 6.45) is 1.81. The Hall–Kier alpha value is -1.68. The first-order valence-corrected chi connectivity index (χ1v) is 6.91. The molecule has 3 rings (SSSR count). The maximum atomic E-state index is 12.3. The summed E-state index contributed by atoms with van der Waals surface area (Å²) in [6, 6.07) is 8.22. The molecule has 1 aromatic heterocycles. The predicted molar refractivity (Wildman–Crippen MR) is 79.0 cm³/mol. The number of fused-ring (bicyclic) bond motifs is 3. The molecule has 1 heterocycles. The normalized spacial score (nSPS) is 20.7. The molecule has 3 nitrogen and oxygen atoms in total. The van der Waals surface area contributed by atoms with E-state index in [1.165, 1.54) is 5.56 Å². The van der Waals surface area contributed by atoms with Gasteiger partial charge in [-0.2, -0.15) is 0 Å². The van der Waals surface area contributed by atoms with Crippen LogP contribution in [0.5, 0.6) is 0 Å². The molecule has 19 heavy (non-hydrogen) atoms. The summed E-state index contributed by atoms with van der Waals surface area (Å²) in [6.45, 7) is 4.27. The molecule has 0 saturated carbocycles. The van der Waals surface area contributed by atoms with Gasteiger partial charge < -0.3 is 4.98 Å². The van der Waals surface area contributed by atoms with Crippen molar-refractivity contribution < 1.29 is 0 Å². The summed E-state index contributed by atoms with van der Waals surface area (Å²) in [7, 11) is 0. The van der Waals surface area contributed by atoms with Crippen LogP contribution >= 0.6 is 12.2 Å². The quantitative estimate of drug-likeness (QED) is 0.782. The van der Waals surface area contributed by atoms with Crippen molar-refractivity contribution in [2.75, 3.05) is 0 Å². The van der Waals surface area contributed by atoms with E-state index in [4.69, 9.17) is 12.2 Å². The van der Waals surface area contributed by atoms with Crippen LogP contribution in [0.3, 0.4) is 0 Å². The highest BCUT2D eigenvalue weighted by Crippen LogP contribution is 2.41. The fourth-order valence-corrected chi connectivity index (χ4v) is 3.19. The zero-order chi connectivity index (χ0) is 13.6. The van der Waals surface area contributed by atoms with Gasteiger partial charge in [-0.3, -0.25) is 9.78 Å². The summed E-state index contributed by atoms with van der Waals surface area (Å²) in [5, 5.41) is 0. The molecule has 0 saturated heterocycles. The van der Waals surface area contributed by atoms with Crippen molar-refractivity contribution in [2.24, 2.45) is 0 Å². The second-order valence-corrected chi connectivity index (χ2v) is 5.81. The number of hydrogen-bond acceptors (Lipinski definition) is 2. The first-order valence-electron chi connectivity index (χ1n) is 6.50. The van der Waals surface area contributed by atoms with E-state index in [9.17, 15) is 4.79 Å². The van der Waals surface area contributed by atoms with Crippen LogP contribution in [-0.2, 0) is 11.8 Å². The van der Waals surface area contributed by atoms with E-state index in [0.717, 1.165) is 29.7 Å². The Kier molecular flexibility index (Phi) is 2.71. The van der Waals surface area contributed by atoms with Crippen LogP contribution in [0.2, 0.25) is 0 Å². The van der Waals surface area contributed by atoms with Gasteiger partial charge in [0.25, 0.3) is 5.56 Å². The van der Waals surface area contributed by atoms with E-state index in [1.807, 2.05) is 18.2 Å². The molecule has 0 radical (unpaired) electrons. The van der Waals surface area contributed by atoms with Crippen molar-refractivity contribution in [2.45, 2.75) is 32.1 Å². The van der Waals surface area contributed by atoms with Gasteiger partial charge in [-0.25, -0.2) is 0 Å². The molecule has 4 heteroatoms. The van der Waals surface area contributed by atoms with E-state index in [2.05, 4.69) is 29.9 Å². The van der Waals surface area contributed by atoms with E-state index >= 15 is 0 Å². The minimum atomic E-state index is -0.142. The van der Waals surface area contributed by atoms with Crippen LogP contribution in [0, 0.1) is 4.77 Å². The molecule has 2 aromatic rings. The number of aromatic amines is 2. The van der Waals surface area contributed by atoms with E-state index in [-0.39, 0.29) is 11.0 Å². The Labute approximate surface area is 116 Å². The molecular weight excluding hydrogens is 256 g/mol. The van der Waals surface area contributed by atoms with Crippen LogP contribution in [-0.4, -0.2) is 9.97 Å². The minimum Gasteiger partial charge on any atom is -0.331 e. The van der Waals surface area contributed by atoms with Crippen LogP contribution in [0.4, 0.5) is 0 Å². The van der Waals surface area contributed by atoms with Gasteiger partial charge >= 0.3 is 0 Å². The van der Waals surface area contributed by atoms with E-state index < -0.39 is 0 Å². The van der Waals surface area contributed by atoms with Crippen molar-refractivity contribution in [3.8, 4) is 11.3 Å². The predicted octanol–water partition coefficient (Wildman–Crippen LogP) is 3.32. The van der Waals surface area contributed by atoms with Gasteiger partial charge in [0.1, 0.15) is 0 Å². The third-order valence-corrected chi connectivity index (χ3v) is 4.40. The van der Waals surface area contributed by atoms with Crippen molar-refractivity contribution in [1.82, 2.24) is 9.97 Å². The zero-order valence-corrected chi connectivity index (χ0v) is 11.9. The summed E-state index contributed by atoms with van der Waals surface area (Å²) >= 11 is 5.11. The first-order chi connectivity index (χ1) is 9.05. The van der Waals surface area contributed by atoms with Gasteiger partial charge in [-0.15, -0.1) is 0 Å². The van der Waals surface area contributed by atoms with Gasteiger partial charge in [-0.05, 0) is 30.6 Å². The Bertz CT molecular complexity index is 759. The molecule has 1 aliphatic carbocycles. The van der Waals surface area contributed by atoms with Crippen molar-refractivity contribution in [1.29, 1.82) is 0 Å². The van der Waals surface area contributed by atoms with Gasteiger partial charge in [0, 0.05) is 16.5 Å².